The Morgan fingerprint density at radius 1 is 1.15 bits per heavy atom. The van der Waals surface area contributed by atoms with E-state index in [1.54, 1.807) is 11.8 Å². The summed E-state index contributed by atoms with van der Waals surface area (Å²) in [5.41, 5.74) is -1.12. The molecule has 4 N–H and O–H groups in total. The molecule has 0 saturated carbocycles. The monoisotopic (exact) mass is 460 g/mol. The van der Waals surface area contributed by atoms with Crippen LogP contribution in [0.4, 0.5) is 13.2 Å². The van der Waals surface area contributed by atoms with Gasteiger partial charge >= 0.3 is 12.1 Å². The number of rotatable bonds is 7. The number of hydrogen-bond donors (Lipinski definition) is 4. The lowest BCUT2D eigenvalue weighted by molar-refractivity contribution is -0.118. The molecule has 0 aromatic heterocycles. The lowest BCUT2D eigenvalue weighted by Crippen LogP contribution is -2.39. The van der Waals surface area contributed by atoms with E-state index in [-0.39, 0.29) is 17.9 Å². The predicted molar refractivity (Wildman–Crippen MR) is 116 cm³/mol. The van der Waals surface area contributed by atoms with Gasteiger partial charge in [-0.2, -0.15) is 13.2 Å². The van der Waals surface area contributed by atoms with E-state index < -0.39 is 35.4 Å². The molecule has 1 aliphatic rings. The van der Waals surface area contributed by atoms with Gasteiger partial charge in [0.05, 0.1) is 11.6 Å². The number of amides is 1. The van der Waals surface area contributed by atoms with E-state index in [2.05, 4.69) is 10.6 Å². The van der Waals surface area contributed by atoms with Gasteiger partial charge in [0.1, 0.15) is 11.4 Å². The largest absolute Gasteiger partial charge is 0.478 e. The number of carbonyl (C=O) groups excluding carboxylic acids is 1. The molecule has 1 unspecified atom stereocenters. The first kappa shape index (κ1) is 23.8. The van der Waals surface area contributed by atoms with E-state index in [1.165, 1.54) is 24.3 Å². The number of aromatic carboxylic acids is 1. The molecular formula is C23H23F3N4O3. The van der Waals surface area contributed by atoms with Crippen LogP contribution >= 0.6 is 0 Å². The van der Waals surface area contributed by atoms with Crippen molar-refractivity contribution in [3.8, 4) is 0 Å². The third-order valence-electron chi connectivity index (χ3n) is 5.21. The molecule has 33 heavy (non-hydrogen) atoms. The lowest BCUT2D eigenvalue weighted by atomic mass is 10.0. The van der Waals surface area contributed by atoms with Crippen LogP contribution in [-0.2, 0) is 11.3 Å². The third kappa shape index (κ3) is 5.71. The molecule has 1 amide bonds. The second-order valence-electron chi connectivity index (χ2n) is 7.55. The minimum absolute atomic E-state index is 0.0469. The molecule has 1 atom stereocenters. The van der Waals surface area contributed by atoms with Gasteiger partial charge in [0.25, 0.3) is 5.91 Å². The van der Waals surface area contributed by atoms with Crippen molar-refractivity contribution in [1.29, 1.82) is 5.41 Å². The number of hydrogen-bond acceptors (Lipinski definition) is 5. The van der Waals surface area contributed by atoms with E-state index >= 15 is 0 Å². The minimum atomic E-state index is -5.02. The zero-order valence-corrected chi connectivity index (χ0v) is 17.7. The van der Waals surface area contributed by atoms with E-state index in [0.717, 1.165) is 5.56 Å². The molecule has 2 aromatic carbocycles. The molecule has 1 heterocycles. The maximum absolute atomic E-state index is 13.5. The molecule has 0 spiro atoms. The summed E-state index contributed by atoms with van der Waals surface area (Å²) >= 11 is 0. The van der Waals surface area contributed by atoms with Crippen molar-refractivity contribution in [3.05, 3.63) is 82.7 Å². The normalized spacial score (nSPS) is 16.1. The SMILES string of the molecule is CC(NC(=O)/C(C(=N)C(F)(F)F)=C1/NCCN1Cc1ccccc1)c1ccc(C(=O)O)cc1. The molecule has 0 aliphatic carbocycles. The first-order valence-corrected chi connectivity index (χ1v) is 10.1. The predicted octanol–water partition coefficient (Wildman–Crippen LogP) is 3.46. The number of carbonyl (C=O) groups is 2. The van der Waals surface area contributed by atoms with Gasteiger partial charge in [-0.3, -0.25) is 10.2 Å². The van der Waals surface area contributed by atoms with Crippen molar-refractivity contribution in [1.82, 2.24) is 15.5 Å². The van der Waals surface area contributed by atoms with Gasteiger partial charge in [0.15, 0.2) is 5.71 Å². The van der Waals surface area contributed by atoms with Crippen LogP contribution in [0, 0.1) is 5.41 Å². The van der Waals surface area contributed by atoms with Gasteiger partial charge in [-0.25, -0.2) is 4.79 Å². The minimum Gasteiger partial charge on any atom is -0.478 e. The topological polar surface area (TPSA) is 106 Å². The van der Waals surface area contributed by atoms with Crippen LogP contribution in [-0.4, -0.2) is 46.9 Å². The number of nitrogens with zero attached hydrogens (tertiary/aromatic N) is 1. The molecular weight excluding hydrogens is 437 g/mol. The van der Waals surface area contributed by atoms with Crippen molar-refractivity contribution < 1.29 is 27.9 Å². The molecule has 0 bridgehead atoms. The van der Waals surface area contributed by atoms with Crippen molar-refractivity contribution in [3.63, 3.8) is 0 Å². The van der Waals surface area contributed by atoms with Crippen molar-refractivity contribution in [2.45, 2.75) is 25.7 Å². The second-order valence-corrected chi connectivity index (χ2v) is 7.55. The van der Waals surface area contributed by atoms with E-state index in [0.29, 0.717) is 18.7 Å². The number of alkyl halides is 3. The highest BCUT2D eigenvalue weighted by Crippen LogP contribution is 2.26. The van der Waals surface area contributed by atoms with Crippen LogP contribution in [0.1, 0.15) is 34.5 Å². The maximum atomic E-state index is 13.5. The van der Waals surface area contributed by atoms with Crippen LogP contribution in [0.15, 0.2) is 66.0 Å². The molecule has 1 fully saturated rings. The zero-order chi connectivity index (χ0) is 24.2. The Hall–Kier alpha value is -3.82. The van der Waals surface area contributed by atoms with E-state index in [4.69, 9.17) is 10.5 Å². The Kier molecular flexibility index (Phi) is 7.05. The Labute approximate surface area is 188 Å². The van der Waals surface area contributed by atoms with Gasteiger partial charge in [0, 0.05) is 19.6 Å². The summed E-state index contributed by atoms with van der Waals surface area (Å²) in [7, 11) is 0. The summed E-state index contributed by atoms with van der Waals surface area (Å²) in [5.74, 6) is -2.21. The van der Waals surface area contributed by atoms with Crippen molar-refractivity contribution >= 4 is 17.6 Å². The number of carboxylic acids is 1. The fraction of sp³-hybridized carbons (Fsp3) is 0.261. The molecule has 10 heteroatoms. The molecule has 1 saturated heterocycles. The number of nitrogens with one attached hydrogen (secondary N) is 3. The molecule has 3 rings (SSSR count). The first-order valence-electron chi connectivity index (χ1n) is 10.1. The van der Waals surface area contributed by atoms with Gasteiger partial charge in [-0.05, 0) is 30.2 Å². The molecule has 1 aliphatic heterocycles. The Bertz CT molecular complexity index is 1070. The van der Waals surface area contributed by atoms with E-state index in [9.17, 15) is 22.8 Å². The lowest BCUT2D eigenvalue weighted by Gasteiger charge is -2.24. The van der Waals surface area contributed by atoms with Crippen LogP contribution in [0.5, 0.6) is 0 Å². The quantitative estimate of drug-likeness (QED) is 0.374. The summed E-state index contributed by atoms with van der Waals surface area (Å²) in [6.45, 7) is 2.54. The molecule has 7 nitrogen and oxygen atoms in total. The van der Waals surface area contributed by atoms with Crippen molar-refractivity contribution in [2.75, 3.05) is 13.1 Å². The van der Waals surface area contributed by atoms with Gasteiger partial charge in [-0.1, -0.05) is 42.5 Å². The Balaban J connectivity index is 1.90. The highest BCUT2D eigenvalue weighted by Gasteiger charge is 2.42. The average molecular weight is 460 g/mol. The van der Waals surface area contributed by atoms with Crippen LogP contribution in [0.2, 0.25) is 0 Å². The van der Waals surface area contributed by atoms with E-state index in [1.807, 2.05) is 30.3 Å². The second kappa shape index (κ2) is 9.76. The first-order chi connectivity index (χ1) is 15.6. The smallest absolute Gasteiger partial charge is 0.433 e. The van der Waals surface area contributed by atoms with Crippen LogP contribution < -0.4 is 10.6 Å². The van der Waals surface area contributed by atoms with Gasteiger partial charge in [0.2, 0.25) is 0 Å². The standard InChI is InChI=1S/C23H23F3N4O3/c1-14(16-7-9-17(10-8-16)22(32)33)29-21(31)18(19(27)23(24,25)26)20-28-11-12-30(20)13-15-5-3-2-4-6-15/h2-10,14,27-28H,11-13H2,1H3,(H,29,31)(H,32,33)/b20-18-,27-19?. The number of halogens is 3. The summed E-state index contributed by atoms with van der Waals surface area (Å²) in [5, 5.41) is 22.1. The molecule has 2 aromatic rings. The highest BCUT2D eigenvalue weighted by molar-refractivity contribution is 6.23. The third-order valence-corrected chi connectivity index (χ3v) is 5.21. The van der Waals surface area contributed by atoms with Crippen LogP contribution in [0.3, 0.4) is 0 Å². The van der Waals surface area contributed by atoms with Crippen molar-refractivity contribution in [2.24, 2.45) is 0 Å². The molecule has 174 valence electrons. The summed E-state index contributed by atoms with van der Waals surface area (Å²) in [6.07, 6.45) is -5.02. The highest BCUT2D eigenvalue weighted by atomic mass is 19.4. The van der Waals surface area contributed by atoms with Gasteiger partial charge in [-0.15, -0.1) is 0 Å². The Morgan fingerprint density at radius 3 is 2.36 bits per heavy atom. The average Bonchev–Trinajstić information content (AvgIpc) is 3.21. The number of benzene rings is 2. The van der Waals surface area contributed by atoms with Gasteiger partial charge < -0.3 is 20.6 Å². The Morgan fingerprint density at radius 2 is 1.79 bits per heavy atom. The molecule has 0 radical (unpaired) electrons. The van der Waals surface area contributed by atoms with Crippen LogP contribution in [0.25, 0.3) is 0 Å². The fourth-order valence-electron chi connectivity index (χ4n) is 3.49. The number of carboxylic acid groups (broad SMARTS) is 1. The summed E-state index contributed by atoms with van der Waals surface area (Å²) < 4.78 is 40.5. The summed E-state index contributed by atoms with van der Waals surface area (Å²) in [6, 6.07) is 14.0. The fourth-order valence-corrected chi connectivity index (χ4v) is 3.49. The maximum Gasteiger partial charge on any atom is 0.433 e. The summed E-state index contributed by atoms with van der Waals surface area (Å²) in [4.78, 5) is 25.6. The zero-order valence-electron chi connectivity index (χ0n) is 17.7.